The number of hydrogen-bond donors (Lipinski definition) is 2. The Labute approximate surface area is 127 Å². The quantitative estimate of drug-likeness (QED) is 0.488. The molecular formula is C14H19N5OS. The van der Waals surface area contributed by atoms with Gasteiger partial charge in [0.05, 0.1) is 21.5 Å². The van der Waals surface area contributed by atoms with Crippen molar-refractivity contribution >= 4 is 39.4 Å². The van der Waals surface area contributed by atoms with E-state index in [1.54, 1.807) is 12.4 Å². The van der Waals surface area contributed by atoms with Crippen LogP contribution in [0.1, 0.15) is 23.0 Å². The summed E-state index contributed by atoms with van der Waals surface area (Å²) in [4.78, 5) is 19.2. The minimum atomic E-state index is -0.218. The molecule has 112 valence electrons. The first-order valence-corrected chi connectivity index (χ1v) is 7.52. The summed E-state index contributed by atoms with van der Waals surface area (Å²) in [6.45, 7) is 2.66. The van der Waals surface area contributed by atoms with Crippen LogP contribution in [0.25, 0.3) is 10.1 Å². The number of thiophene rings is 1. The van der Waals surface area contributed by atoms with Crippen molar-refractivity contribution in [1.82, 2.24) is 15.4 Å². The second-order valence-electron chi connectivity index (χ2n) is 4.79. The molecule has 7 heteroatoms. The maximum atomic E-state index is 12.4. The lowest BCUT2D eigenvalue weighted by Gasteiger charge is -2.16. The molecule has 0 aliphatic carbocycles. The van der Waals surface area contributed by atoms with Gasteiger partial charge in [0.25, 0.3) is 5.91 Å². The molecule has 0 aromatic carbocycles. The molecule has 0 spiro atoms. The summed E-state index contributed by atoms with van der Waals surface area (Å²) in [7, 11) is 3.89. The maximum Gasteiger partial charge on any atom is 0.283 e. The molecule has 2 aromatic rings. The van der Waals surface area contributed by atoms with Crippen LogP contribution in [0.5, 0.6) is 0 Å². The van der Waals surface area contributed by atoms with Crippen molar-refractivity contribution < 1.29 is 4.79 Å². The minimum Gasteiger partial charge on any atom is -0.376 e. The Morgan fingerprint density at radius 1 is 1.48 bits per heavy atom. The van der Waals surface area contributed by atoms with Crippen molar-refractivity contribution in [2.45, 2.75) is 13.3 Å². The van der Waals surface area contributed by atoms with Crippen LogP contribution in [-0.4, -0.2) is 42.9 Å². The van der Waals surface area contributed by atoms with Crippen LogP contribution in [0.4, 0.5) is 5.69 Å². The van der Waals surface area contributed by atoms with E-state index in [4.69, 9.17) is 5.41 Å². The third-order valence-electron chi connectivity index (χ3n) is 3.00. The van der Waals surface area contributed by atoms with E-state index in [1.165, 1.54) is 16.3 Å². The van der Waals surface area contributed by atoms with Crippen LogP contribution in [0, 0.1) is 5.41 Å². The van der Waals surface area contributed by atoms with Gasteiger partial charge in [-0.25, -0.2) is 10.4 Å². The van der Waals surface area contributed by atoms with Gasteiger partial charge in [0.2, 0.25) is 0 Å². The average Bonchev–Trinajstić information content (AvgIpc) is 2.91. The first-order valence-electron chi connectivity index (χ1n) is 6.71. The monoisotopic (exact) mass is 305 g/mol. The molecule has 2 aromatic heterocycles. The summed E-state index contributed by atoms with van der Waals surface area (Å²) in [5.74, 6) is -0.218. The van der Waals surface area contributed by atoms with E-state index in [0.29, 0.717) is 11.4 Å². The number of pyridine rings is 1. The van der Waals surface area contributed by atoms with Crippen molar-refractivity contribution in [2.24, 2.45) is 0 Å². The molecule has 0 aliphatic heterocycles. The number of hydrazine groups is 1. The number of carbonyl (C=O) groups excluding carboxylic acids is 1. The third-order valence-corrected chi connectivity index (χ3v) is 4.06. The van der Waals surface area contributed by atoms with Gasteiger partial charge in [0.1, 0.15) is 6.34 Å². The van der Waals surface area contributed by atoms with Gasteiger partial charge in [-0.1, -0.05) is 6.92 Å². The highest BCUT2D eigenvalue weighted by Gasteiger charge is 2.18. The molecule has 1 amide bonds. The summed E-state index contributed by atoms with van der Waals surface area (Å²) in [5.41, 5.74) is 3.90. The number of hydrogen-bond acceptors (Lipinski definition) is 6. The third kappa shape index (κ3) is 3.20. The molecule has 0 saturated heterocycles. The van der Waals surface area contributed by atoms with Gasteiger partial charge in [-0.3, -0.25) is 15.2 Å². The molecule has 0 fully saturated rings. The molecule has 6 nitrogen and oxygen atoms in total. The summed E-state index contributed by atoms with van der Waals surface area (Å²) in [6, 6.07) is 1.86. The highest BCUT2D eigenvalue weighted by atomic mass is 32.1. The van der Waals surface area contributed by atoms with Crippen LogP contribution in [-0.2, 0) is 0 Å². The maximum absolute atomic E-state index is 12.4. The fraction of sp³-hybridized carbons (Fsp3) is 0.357. The van der Waals surface area contributed by atoms with Crippen LogP contribution in [0.2, 0.25) is 0 Å². The molecule has 0 bridgehead atoms. The Morgan fingerprint density at radius 2 is 2.24 bits per heavy atom. The van der Waals surface area contributed by atoms with E-state index in [1.807, 2.05) is 32.0 Å². The lowest BCUT2D eigenvalue weighted by molar-refractivity contribution is 0.0803. The van der Waals surface area contributed by atoms with Crippen LogP contribution in [0.3, 0.4) is 0 Å². The van der Waals surface area contributed by atoms with Crippen molar-refractivity contribution in [3.8, 4) is 0 Å². The zero-order valence-corrected chi connectivity index (χ0v) is 13.2. The molecule has 0 radical (unpaired) electrons. The molecule has 0 aliphatic rings. The molecule has 21 heavy (non-hydrogen) atoms. The van der Waals surface area contributed by atoms with E-state index in [2.05, 4.69) is 10.4 Å². The standard InChI is InChI=1S/C14H19N5OS/c1-4-5-17-19(9-15)14(20)12-6-10-11(18(2)3)7-16-8-13(10)21-12/h6-9,15,17H,4-5H2,1-3H3. The topological polar surface area (TPSA) is 72.3 Å². The number of anilines is 1. The predicted octanol–water partition coefficient (Wildman–Crippen LogP) is 2.33. The SMILES string of the molecule is CCCNN(C=N)C(=O)c1cc2c(N(C)C)cncc2s1. The zero-order chi connectivity index (χ0) is 15.4. The normalized spacial score (nSPS) is 10.6. The Hall–Kier alpha value is -1.99. The largest absolute Gasteiger partial charge is 0.376 e. The summed E-state index contributed by atoms with van der Waals surface area (Å²) in [6.07, 6.45) is 5.44. The fourth-order valence-electron chi connectivity index (χ4n) is 1.94. The highest BCUT2D eigenvalue weighted by Crippen LogP contribution is 2.32. The first-order chi connectivity index (χ1) is 10.1. The van der Waals surface area contributed by atoms with E-state index in [0.717, 1.165) is 28.5 Å². The van der Waals surface area contributed by atoms with Gasteiger partial charge in [-0.15, -0.1) is 11.3 Å². The lowest BCUT2D eigenvalue weighted by atomic mass is 10.2. The van der Waals surface area contributed by atoms with Gasteiger partial charge < -0.3 is 4.90 Å². The molecule has 2 rings (SSSR count). The smallest absolute Gasteiger partial charge is 0.283 e. The molecular weight excluding hydrogens is 286 g/mol. The van der Waals surface area contributed by atoms with Gasteiger partial charge in [-0.2, -0.15) is 0 Å². The fourth-order valence-corrected chi connectivity index (χ4v) is 2.92. The Morgan fingerprint density at radius 3 is 2.86 bits per heavy atom. The molecule has 0 atom stereocenters. The number of rotatable bonds is 6. The van der Waals surface area contributed by atoms with Crippen LogP contribution >= 0.6 is 11.3 Å². The van der Waals surface area contributed by atoms with Crippen molar-refractivity contribution in [3.05, 3.63) is 23.3 Å². The predicted molar refractivity (Wildman–Crippen MR) is 87.2 cm³/mol. The van der Waals surface area contributed by atoms with Gasteiger partial charge in [0, 0.05) is 32.2 Å². The van der Waals surface area contributed by atoms with Crippen molar-refractivity contribution in [1.29, 1.82) is 5.41 Å². The number of aromatic nitrogens is 1. The summed E-state index contributed by atoms with van der Waals surface area (Å²) >= 11 is 1.39. The number of amides is 1. The minimum absolute atomic E-state index is 0.218. The van der Waals surface area contributed by atoms with Gasteiger partial charge in [-0.05, 0) is 12.5 Å². The molecule has 0 saturated carbocycles. The Balaban J connectivity index is 2.36. The van der Waals surface area contributed by atoms with Crippen LogP contribution < -0.4 is 10.3 Å². The van der Waals surface area contributed by atoms with E-state index < -0.39 is 0 Å². The van der Waals surface area contributed by atoms with Gasteiger partial charge >= 0.3 is 0 Å². The number of carbonyl (C=O) groups is 1. The Kier molecular flexibility index (Phi) is 4.87. The van der Waals surface area contributed by atoms with Crippen molar-refractivity contribution in [2.75, 3.05) is 25.5 Å². The lowest BCUT2D eigenvalue weighted by Crippen LogP contribution is -2.41. The number of nitrogens with zero attached hydrogens (tertiary/aromatic N) is 3. The second-order valence-corrected chi connectivity index (χ2v) is 5.87. The van der Waals surface area contributed by atoms with E-state index in [-0.39, 0.29) is 5.91 Å². The highest BCUT2D eigenvalue weighted by molar-refractivity contribution is 7.20. The van der Waals surface area contributed by atoms with Crippen LogP contribution in [0.15, 0.2) is 18.5 Å². The zero-order valence-electron chi connectivity index (χ0n) is 12.4. The second kappa shape index (κ2) is 6.64. The van der Waals surface area contributed by atoms with E-state index >= 15 is 0 Å². The molecule has 2 N–H and O–H groups in total. The first kappa shape index (κ1) is 15.4. The Bertz CT molecular complexity index is 652. The molecule has 0 unspecified atom stereocenters. The summed E-state index contributed by atoms with van der Waals surface area (Å²) in [5, 5.41) is 9.59. The number of fused-ring (bicyclic) bond motifs is 1. The number of nitrogens with one attached hydrogen (secondary N) is 2. The summed E-state index contributed by atoms with van der Waals surface area (Å²) < 4.78 is 0.963. The van der Waals surface area contributed by atoms with E-state index in [9.17, 15) is 4.79 Å². The van der Waals surface area contributed by atoms with Crippen molar-refractivity contribution in [3.63, 3.8) is 0 Å². The average molecular weight is 305 g/mol. The molecule has 2 heterocycles. The van der Waals surface area contributed by atoms with Gasteiger partial charge in [0.15, 0.2) is 0 Å².